The Morgan fingerprint density at radius 3 is 2.63 bits per heavy atom. The third-order valence-electron chi connectivity index (χ3n) is 5.34. The number of benzene rings is 1. The summed E-state index contributed by atoms with van der Waals surface area (Å²) in [5.41, 5.74) is 0.695. The molecule has 0 aliphatic carbocycles. The first-order valence-electron chi connectivity index (χ1n) is 10.6. The molecule has 1 heterocycles. The van der Waals surface area contributed by atoms with Crippen molar-refractivity contribution < 1.29 is 8.42 Å². The largest absolute Gasteiger partial charge is 0.357 e. The van der Waals surface area contributed by atoms with Crippen LogP contribution in [0.4, 0.5) is 0 Å². The summed E-state index contributed by atoms with van der Waals surface area (Å²) in [7, 11) is -0.397. The van der Waals surface area contributed by atoms with Gasteiger partial charge in [0.1, 0.15) is 0 Å². The molecule has 0 amide bonds. The summed E-state index contributed by atoms with van der Waals surface area (Å²) in [5.74, 6) is 0.719. The summed E-state index contributed by atoms with van der Waals surface area (Å²) in [4.78, 5) is 7.49. The van der Waals surface area contributed by atoms with Crippen molar-refractivity contribution in [1.29, 1.82) is 0 Å². The van der Waals surface area contributed by atoms with E-state index in [1.807, 2.05) is 19.1 Å². The van der Waals surface area contributed by atoms with Crippen molar-refractivity contribution in [2.75, 3.05) is 40.3 Å². The Balaban J connectivity index is 0.00000450. The molecular formula is C21H38IN5O2S. The zero-order valence-corrected chi connectivity index (χ0v) is 21.9. The minimum atomic E-state index is -3.49. The van der Waals surface area contributed by atoms with Gasteiger partial charge < -0.3 is 15.5 Å². The second-order valence-electron chi connectivity index (χ2n) is 7.75. The topological polar surface area (TPSA) is 77.0 Å². The molecule has 0 radical (unpaired) electrons. The van der Waals surface area contributed by atoms with E-state index < -0.39 is 10.0 Å². The maximum absolute atomic E-state index is 12.6. The van der Waals surface area contributed by atoms with E-state index in [1.54, 1.807) is 26.2 Å². The average molecular weight is 552 g/mol. The van der Waals surface area contributed by atoms with Gasteiger partial charge >= 0.3 is 0 Å². The number of likely N-dealkylation sites (tertiary alicyclic amines) is 1. The average Bonchev–Trinajstić information content (AvgIpc) is 2.70. The van der Waals surface area contributed by atoms with Crippen LogP contribution in [-0.4, -0.2) is 69.9 Å². The van der Waals surface area contributed by atoms with Crippen molar-refractivity contribution >= 4 is 40.0 Å². The lowest BCUT2D eigenvalue weighted by atomic mass is 10.0. The molecule has 1 unspecified atom stereocenters. The number of hydrogen-bond acceptors (Lipinski definition) is 4. The predicted octanol–water partition coefficient (Wildman–Crippen LogP) is 2.87. The van der Waals surface area contributed by atoms with Gasteiger partial charge in [0.2, 0.25) is 10.0 Å². The van der Waals surface area contributed by atoms with Crippen molar-refractivity contribution in [3.63, 3.8) is 0 Å². The Bertz CT molecular complexity index is 770. The highest BCUT2D eigenvalue weighted by atomic mass is 127. The highest BCUT2D eigenvalue weighted by Crippen LogP contribution is 2.19. The molecule has 30 heavy (non-hydrogen) atoms. The lowest BCUT2D eigenvalue weighted by Gasteiger charge is -2.33. The number of piperidine rings is 1. The van der Waals surface area contributed by atoms with E-state index in [1.165, 1.54) is 30.1 Å². The van der Waals surface area contributed by atoms with Crippen LogP contribution in [0.25, 0.3) is 0 Å². The van der Waals surface area contributed by atoms with Crippen molar-refractivity contribution in [3.05, 3.63) is 29.8 Å². The maximum Gasteiger partial charge on any atom is 0.242 e. The van der Waals surface area contributed by atoms with E-state index >= 15 is 0 Å². The molecular weight excluding hydrogens is 513 g/mol. The SMILES string of the molecule is CCNC(=NCc1ccccc1S(=O)(=O)N(C)C)NCCCN1CCCCC1C.I. The molecule has 1 aromatic rings. The van der Waals surface area contributed by atoms with Crippen LogP contribution in [0, 0.1) is 0 Å². The number of aliphatic imine (C=N–C) groups is 1. The van der Waals surface area contributed by atoms with Crippen LogP contribution in [0.2, 0.25) is 0 Å². The fourth-order valence-corrected chi connectivity index (χ4v) is 4.68. The van der Waals surface area contributed by atoms with Gasteiger partial charge in [-0.2, -0.15) is 0 Å². The van der Waals surface area contributed by atoms with E-state index in [0.717, 1.165) is 32.0 Å². The maximum atomic E-state index is 12.6. The minimum Gasteiger partial charge on any atom is -0.357 e. The van der Waals surface area contributed by atoms with Gasteiger partial charge in [0.25, 0.3) is 0 Å². The summed E-state index contributed by atoms with van der Waals surface area (Å²) in [6.45, 7) is 8.54. The molecule has 1 aliphatic heterocycles. The molecule has 2 rings (SSSR count). The Hall–Kier alpha value is -0.910. The normalized spacial score (nSPS) is 18.2. The summed E-state index contributed by atoms with van der Waals surface area (Å²) in [6.07, 6.45) is 5.00. The lowest BCUT2D eigenvalue weighted by molar-refractivity contribution is 0.159. The van der Waals surface area contributed by atoms with Gasteiger partial charge in [-0.15, -0.1) is 24.0 Å². The fraction of sp³-hybridized carbons (Fsp3) is 0.667. The van der Waals surface area contributed by atoms with Gasteiger partial charge in [-0.05, 0) is 51.3 Å². The number of nitrogens with one attached hydrogen (secondary N) is 2. The molecule has 0 saturated carbocycles. The van der Waals surface area contributed by atoms with Crippen LogP contribution in [0.1, 0.15) is 45.1 Å². The number of hydrogen-bond donors (Lipinski definition) is 2. The first kappa shape index (κ1) is 27.1. The Kier molecular flexibility index (Phi) is 12.2. The minimum absolute atomic E-state index is 0. The predicted molar refractivity (Wildman–Crippen MR) is 135 cm³/mol. The lowest BCUT2D eigenvalue weighted by Crippen LogP contribution is -2.41. The zero-order valence-electron chi connectivity index (χ0n) is 18.7. The third kappa shape index (κ3) is 7.97. The van der Waals surface area contributed by atoms with Gasteiger partial charge in [0.15, 0.2) is 5.96 Å². The first-order valence-corrected chi connectivity index (χ1v) is 12.1. The summed E-state index contributed by atoms with van der Waals surface area (Å²) in [5, 5.41) is 6.63. The van der Waals surface area contributed by atoms with Crippen molar-refractivity contribution in [2.24, 2.45) is 4.99 Å². The van der Waals surface area contributed by atoms with Crippen LogP contribution < -0.4 is 10.6 Å². The summed E-state index contributed by atoms with van der Waals surface area (Å²) in [6, 6.07) is 7.73. The summed E-state index contributed by atoms with van der Waals surface area (Å²) < 4.78 is 26.3. The van der Waals surface area contributed by atoms with Gasteiger partial charge in [0, 0.05) is 39.8 Å². The highest BCUT2D eigenvalue weighted by Gasteiger charge is 2.20. The monoisotopic (exact) mass is 551 g/mol. The molecule has 0 bridgehead atoms. The Labute approximate surface area is 199 Å². The van der Waals surface area contributed by atoms with Crippen molar-refractivity contribution in [3.8, 4) is 0 Å². The smallest absolute Gasteiger partial charge is 0.242 e. The molecule has 172 valence electrons. The molecule has 2 N–H and O–H groups in total. The molecule has 1 aromatic carbocycles. The van der Waals surface area contributed by atoms with Gasteiger partial charge in [-0.1, -0.05) is 24.6 Å². The van der Waals surface area contributed by atoms with Gasteiger partial charge in [0.05, 0.1) is 11.4 Å². The number of nitrogens with zero attached hydrogens (tertiary/aromatic N) is 3. The first-order chi connectivity index (χ1) is 13.9. The zero-order chi connectivity index (χ0) is 21.3. The molecule has 1 fully saturated rings. The fourth-order valence-electron chi connectivity index (χ4n) is 3.57. The number of halogens is 1. The molecule has 7 nitrogen and oxygen atoms in total. The molecule has 0 spiro atoms. The van der Waals surface area contributed by atoms with Crippen LogP contribution in [0.3, 0.4) is 0 Å². The van der Waals surface area contributed by atoms with Crippen LogP contribution in [0.15, 0.2) is 34.2 Å². The molecule has 1 aliphatic rings. The van der Waals surface area contributed by atoms with Crippen molar-refractivity contribution in [1.82, 2.24) is 19.8 Å². The Morgan fingerprint density at radius 2 is 1.97 bits per heavy atom. The van der Waals surface area contributed by atoms with Crippen LogP contribution >= 0.6 is 24.0 Å². The molecule has 9 heteroatoms. The van der Waals surface area contributed by atoms with Crippen LogP contribution in [0.5, 0.6) is 0 Å². The Morgan fingerprint density at radius 1 is 1.23 bits per heavy atom. The van der Waals surface area contributed by atoms with E-state index in [0.29, 0.717) is 23.0 Å². The highest BCUT2D eigenvalue weighted by molar-refractivity contribution is 14.0. The molecule has 1 saturated heterocycles. The van der Waals surface area contributed by atoms with Crippen LogP contribution in [-0.2, 0) is 16.6 Å². The number of rotatable bonds is 9. The quantitative estimate of drug-likeness (QED) is 0.214. The molecule has 0 aromatic heterocycles. The van der Waals surface area contributed by atoms with Gasteiger partial charge in [-0.25, -0.2) is 17.7 Å². The van der Waals surface area contributed by atoms with E-state index in [9.17, 15) is 8.42 Å². The third-order valence-corrected chi connectivity index (χ3v) is 7.25. The molecule has 1 atom stereocenters. The number of sulfonamides is 1. The van der Waals surface area contributed by atoms with Gasteiger partial charge in [-0.3, -0.25) is 0 Å². The van der Waals surface area contributed by atoms with E-state index in [2.05, 4.69) is 27.4 Å². The standard InChI is InChI=1S/C21H37N5O2S.HI/c1-5-22-21(23-14-10-16-26-15-9-8-11-18(26)2)24-17-19-12-6-7-13-20(19)29(27,28)25(3)4;/h6-7,12-13,18H,5,8-11,14-17H2,1-4H3,(H2,22,23,24);1H. The summed E-state index contributed by atoms with van der Waals surface area (Å²) >= 11 is 0. The van der Waals surface area contributed by atoms with E-state index in [4.69, 9.17) is 0 Å². The number of guanidine groups is 1. The van der Waals surface area contributed by atoms with E-state index in [-0.39, 0.29) is 24.0 Å². The van der Waals surface area contributed by atoms with Crippen molar-refractivity contribution in [2.45, 2.75) is 57.0 Å². The second kappa shape index (κ2) is 13.5. The second-order valence-corrected chi connectivity index (χ2v) is 9.87.